The van der Waals surface area contributed by atoms with Gasteiger partial charge in [0.2, 0.25) is 5.69 Å². The van der Waals surface area contributed by atoms with Gasteiger partial charge in [0.25, 0.3) is 0 Å². The van der Waals surface area contributed by atoms with Crippen molar-refractivity contribution in [3.05, 3.63) is 0 Å². The molecule has 0 heterocycles. The summed E-state index contributed by atoms with van der Waals surface area (Å²) >= 11 is 9.31. The largest absolute Gasteiger partial charge is 0.322 e. The van der Waals surface area contributed by atoms with Crippen LogP contribution in [0, 0.1) is 0 Å². The maximum absolute atomic E-state index is 5.38. The van der Waals surface area contributed by atoms with Crippen molar-refractivity contribution in [1.82, 2.24) is 0 Å². The topological polar surface area (TPSA) is 18.5 Å². The number of hydrogen-bond acceptors (Lipinski definition) is 3. The Balaban J connectivity index is 0. The summed E-state index contributed by atoms with van der Waals surface area (Å²) in [5.74, 6) is 0. The molecule has 0 aromatic rings. The predicted molar refractivity (Wildman–Crippen MR) is 70.7 cm³/mol. The van der Waals surface area contributed by atoms with Gasteiger partial charge in [-0.15, -0.1) is 0 Å². The molecular formula is C8H19O2PS2Sb. The molecular weight excluding hydrogens is 345 g/mol. The molecule has 0 aromatic heterocycles. The van der Waals surface area contributed by atoms with Crippen LogP contribution >= 0.6 is 17.9 Å². The third-order valence-corrected chi connectivity index (χ3v) is 3.85. The summed E-state index contributed by atoms with van der Waals surface area (Å²) in [6.45, 7) is 5.57. The molecule has 0 saturated heterocycles. The SMILES string of the molecule is CCCCOP(=S)(S)OCCCC.[Sb]. The van der Waals surface area contributed by atoms with Crippen molar-refractivity contribution >= 4 is 54.2 Å². The average molecular weight is 364 g/mol. The second-order valence-corrected chi connectivity index (χ2v) is 8.13. The van der Waals surface area contributed by atoms with Gasteiger partial charge >= 0.3 is 0 Å². The van der Waals surface area contributed by atoms with Crippen LogP contribution < -0.4 is 0 Å². The van der Waals surface area contributed by atoms with E-state index in [9.17, 15) is 0 Å². The first-order chi connectivity index (χ1) is 6.12. The van der Waals surface area contributed by atoms with E-state index in [1.807, 2.05) is 0 Å². The Morgan fingerprint density at radius 2 is 1.43 bits per heavy atom. The third-order valence-electron chi connectivity index (χ3n) is 1.50. The molecule has 0 N–H and O–H groups in total. The van der Waals surface area contributed by atoms with Gasteiger partial charge in [-0.25, -0.2) is 0 Å². The van der Waals surface area contributed by atoms with Crippen LogP contribution in [0.1, 0.15) is 39.5 Å². The first-order valence-corrected chi connectivity index (χ1v) is 8.53. The van der Waals surface area contributed by atoms with Gasteiger partial charge in [-0.2, -0.15) is 0 Å². The Kier molecular flexibility index (Phi) is 14.5. The molecule has 0 bridgehead atoms. The second kappa shape index (κ2) is 11.2. The summed E-state index contributed by atoms with van der Waals surface area (Å²) in [6, 6.07) is 0. The number of thiol groups is 1. The molecule has 0 aromatic carbocycles. The van der Waals surface area contributed by atoms with Crippen molar-refractivity contribution in [2.45, 2.75) is 39.5 Å². The molecule has 2 nitrogen and oxygen atoms in total. The second-order valence-electron chi connectivity index (χ2n) is 2.84. The smallest absolute Gasteiger partial charge is 0.244 e. The summed E-state index contributed by atoms with van der Waals surface area (Å²) < 4.78 is 10.8. The first-order valence-electron chi connectivity index (χ1n) is 4.74. The first kappa shape index (κ1) is 18.1. The molecule has 0 aliphatic carbocycles. The van der Waals surface area contributed by atoms with Gasteiger partial charge in [0.1, 0.15) is 0 Å². The minimum absolute atomic E-state index is 0. The number of rotatable bonds is 8. The van der Waals surface area contributed by atoms with Crippen molar-refractivity contribution in [3.8, 4) is 0 Å². The van der Waals surface area contributed by atoms with Crippen LogP contribution in [0.15, 0.2) is 0 Å². The van der Waals surface area contributed by atoms with Crippen LogP contribution in [0.5, 0.6) is 0 Å². The average Bonchev–Trinajstić information content (AvgIpc) is 2.05. The molecule has 0 saturated carbocycles. The van der Waals surface area contributed by atoms with E-state index in [1.54, 1.807) is 0 Å². The Morgan fingerprint density at radius 1 is 1.07 bits per heavy atom. The van der Waals surface area contributed by atoms with E-state index in [-0.39, 0.29) is 24.4 Å². The maximum atomic E-state index is 5.38. The molecule has 0 aliphatic heterocycles. The van der Waals surface area contributed by atoms with Gasteiger partial charge in [0.05, 0.1) is 13.2 Å². The summed E-state index contributed by atoms with van der Waals surface area (Å²) in [7, 11) is 0. The zero-order chi connectivity index (χ0) is 10.2. The zero-order valence-corrected chi connectivity index (χ0v) is 14.0. The van der Waals surface area contributed by atoms with Gasteiger partial charge in [0, 0.05) is 24.4 Å². The zero-order valence-electron chi connectivity index (χ0n) is 8.81. The van der Waals surface area contributed by atoms with Gasteiger partial charge in [-0.05, 0) is 24.6 Å². The Labute approximate surface area is 115 Å². The summed E-state index contributed by atoms with van der Waals surface area (Å²) in [6.07, 6.45) is 4.27. The fourth-order valence-corrected chi connectivity index (χ4v) is 2.42. The fourth-order valence-electron chi connectivity index (χ4n) is 0.686. The van der Waals surface area contributed by atoms with Crippen molar-refractivity contribution in [3.63, 3.8) is 0 Å². The van der Waals surface area contributed by atoms with E-state index < -0.39 is 5.69 Å². The number of unbranched alkanes of at least 4 members (excludes halogenated alkanes) is 2. The standard InChI is InChI=1S/C8H19O2PS2.Sb/c1-3-5-7-9-11(12,13)10-8-6-4-2;/h3-8H2,1-2H3,(H,12,13);. The van der Waals surface area contributed by atoms with Crippen LogP contribution in [0.4, 0.5) is 0 Å². The molecule has 85 valence electrons. The molecule has 0 atom stereocenters. The van der Waals surface area contributed by atoms with Gasteiger partial charge in [-0.3, -0.25) is 0 Å². The van der Waals surface area contributed by atoms with Crippen LogP contribution in [0.3, 0.4) is 0 Å². The van der Waals surface area contributed by atoms with Crippen LogP contribution in [-0.4, -0.2) is 37.6 Å². The summed E-state index contributed by atoms with van der Waals surface area (Å²) in [5, 5.41) is 0. The van der Waals surface area contributed by atoms with E-state index in [0.717, 1.165) is 25.7 Å². The quantitative estimate of drug-likeness (QED) is 0.308. The minimum atomic E-state index is -2.22. The van der Waals surface area contributed by atoms with Crippen molar-refractivity contribution < 1.29 is 9.05 Å². The molecule has 0 amide bonds. The van der Waals surface area contributed by atoms with E-state index in [1.165, 1.54) is 0 Å². The Hall–Kier alpha value is 1.74. The van der Waals surface area contributed by atoms with Crippen LogP contribution in [0.25, 0.3) is 0 Å². The monoisotopic (exact) mass is 363 g/mol. The van der Waals surface area contributed by atoms with E-state index in [0.29, 0.717) is 13.2 Å². The van der Waals surface area contributed by atoms with Gasteiger partial charge in [-0.1, -0.05) is 38.9 Å². The van der Waals surface area contributed by atoms with Crippen molar-refractivity contribution in [2.24, 2.45) is 0 Å². The van der Waals surface area contributed by atoms with E-state index in [2.05, 4.69) is 26.1 Å². The molecule has 0 aliphatic rings. The third kappa shape index (κ3) is 11.8. The van der Waals surface area contributed by atoms with Crippen molar-refractivity contribution in [1.29, 1.82) is 0 Å². The van der Waals surface area contributed by atoms with Crippen LogP contribution in [-0.2, 0) is 20.9 Å². The Bertz CT molecular complexity index is 155. The summed E-state index contributed by atoms with van der Waals surface area (Å²) in [5.41, 5.74) is -2.22. The van der Waals surface area contributed by atoms with Crippen LogP contribution in [0.2, 0.25) is 0 Å². The molecule has 14 heavy (non-hydrogen) atoms. The molecule has 0 unspecified atom stereocenters. The molecule has 0 fully saturated rings. The van der Waals surface area contributed by atoms with E-state index in [4.69, 9.17) is 20.9 Å². The molecule has 3 radical (unpaired) electrons. The fraction of sp³-hybridized carbons (Fsp3) is 1.00. The van der Waals surface area contributed by atoms with Gasteiger partial charge in [0.15, 0.2) is 0 Å². The minimum Gasteiger partial charge on any atom is -0.322 e. The van der Waals surface area contributed by atoms with E-state index >= 15 is 0 Å². The maximum Gasteiger partial charge on any atom is 0.244 e. The molecule has 6 heteroatoms. The number of hydrogen-bond donors (Lipinski definition) is 1. The molecule has 0 spiro atoms. The van der Waals surface area contributed by atoms with Gasteiger partial charge < -0.3 is 9.05 Å². The normalized spacial score (nSPS) is 11.1. The predicted octanol–water partition coefficient (Wildman–Crippen LogP) is 3.39. The van der Waals surface area contributed by atoms with Crippen molar-refractivity contribution in [2.75, 3.05) is 13.2 Å². The Morgan fingerprint density at radius 3 is 1.71 bits per heavy atom. The summed E-state index contributed by atoms with van der Waals surface area (Å²) in [4.78, 5) is 0. The molecule has 0 rings (SSSR count).